The van der Waals surface area contributed by atoms with Gasteiger partial charge >= 0.3 is 5.91 Å². The predicted octanol–water partition coefficient (Wildman–Crippen LogP) is 3.84. The molecule has 0 fully saturated rings. The summed E-state index contributed by atoms with van der Waals surface area (Å²) in [4.78, 5) is 11.7. The third kappa shape index (κ3) is 4.98. The number of hydrazone groups is 1. The van der Waals surface area contributed by atoms with Crippen LogP contribution in [0.3, 0.4) is 0 Å². The molecular weight excluding hydrogens is 423 g/mol. The van der Waals surface area contributed by atoms with E-state index in [9.17, 15) is 4.79 Å². The molecule has 1 aromatic heterocycles. The van der Waals surface area contributed by atoms with Crippen LogP contribution >= 0.6 is 22.6 Å². The van der Waals surface area contributed by atoms with Crippen LogP contribution < -0.4 is 14.9 Å². The Morgan fingerprint density at radius 1 is 1.38 bits per heavy atom. The largest absolute Gasteiger partial charge is 0.490 e. The molecule has 0 saturated heterocycles. The molecule has 1 N–H and O–H groups in total. The van der Waals surface area contributed by atoms with Gasteiger partial charge in [-0.15, -0.1) is 0 Å². The summed E-state index contributed by atoms with van der Waals surface area (Å²) in [6.07, 6.45) is 3.91. The lowest BCUT2D eigenvalue weighted by atomic mass is 10.2. The number of carbonyl (C=O) groups is 1. The maximum Gasteiger partial charge on any atom is 0.307 e. The van der Waals surface area contributed by atoms with Crippen molar-refractivity contribution in [2.75, 3.05) is 13.2 Å². The molecule has 0 saturated carbocycles. The van der Waals surface area contributed by atoms with Gasteiger partial charge in [-0.1, -0.05) is 6.92 Å². The smallest absolute Gasteiger partial charge is 0.307 e. The number of hydrogen-bond donors (Lipinski definition) is 1. The average Bonchev–Trinajstić information content (AvgIpc) is 3.09. The first-order valence-corrected chi connectivity index (χ1v) is 8.69. The van der Waals surface area contributed by atoms with Crippen LogP contribution in [0.5, 0.6) is 11.5 Å². The molecule has 1 aromatic carbocycles. The number of furan rings is 1. The van der Waals surface area contributed by atoms with Crippen LogP contribution in [0, 0.1) is 3.57 Å². The summed E-state index contributed by atoms with van der Waals surface area (Å²) in [5, 5.41) is 3.95. The van der Waals surface area contributed by atoms with Gasteiger partial charge in [-0.3, -0.25) is 4.79 Å². The van der Waals surface area contributed by atoms with Gasteiger partial charge in [0, 0.05) is 0 Å². The molecule has 7 heteroatoms. The third-order valence-corrected chi connectivity index (χ3v) is 3.71. The Hall–Kier alpha value is -2.03. The number of halogens is 1. The fraction of sp³-hybridized carbons (Fsp3) is 0.294. The highest BCUT2D eigenvalue weighted by atomic mass is 127. The van der Waals surface area contributed by atoms with Crippen LogP contribution in [0.4, 0.5) is 0 Å². The number of amides is 1. The van der Waals surface area contributed by atoms with Gasteiger partial charge in [0.2, 0.25) is 0 Å². The van der Waals surface area contributed by atoms with Crippen molar-refractivity contribution in [1.82, 2.24) is 5.43 Å². The molecule has 24 heavy (non-hydrogen) atoms. The van der Waals surface area contributed by atoms with E-state index in [0.717, 1.165) is 21.3 Å². The first-order valence-electron chi connectivity index (χ1n) is 7.61. The van der Waals surface area contributed by atoms with Crippen molar-refractivity contribution in [2.45, 2.75) is 20.3 Å². The number of ether oxygens (including phenoxy) is 2. The van der Waals surface area contributed by atoms with Gasteiger partial charge < -0.3 is 13.9 Å². The maximum absolute atomic E-state index is 11.7. The SMILES string of the molecule is CCCOc1c(I)cc(/C=N\NC(=O)c2ccco2)cc1OCC. The molecule has 6 nitrogen and oxygen atoms in total. The Balaban J connectivity index is 2.12. The fourth-order valence-corrected chi connectivity index (χ4v) is 2.68. The molecular formula is C17H19IN2O4. The van der Waals surface area contributed by atoms with Gasteiger partial charge in [0.1, 0.15) is 0 Å². The first-order chi connectivity index (χ1) is 11.7. The third-order valence-electron chi connectivity index (χ3n) is 2.91. The normalized spacial score (nSPS) is 10.8. The molecule has 128 valence electrons. The highest BCUT2D eigenvalue weighted by Gasteiger charge is 2.12. The second-order valence-electron chi connectivity index (χ2n) is 4.79. The number of benzene rings is 1. The van der Waals surface area contributed by atoms with Crippen LogP contribution in [-0.2, 0) is 0 Å². The lowest BCUT2D eigenvalue weighted by Gasteiger charge is -2.14. The second kappa shape index (κ2) is 9.31. The summed E-state index contributed by atoms with van der Waals surface area (Å²) in [5.74, 6) is 1.20. The van der Waals surface area contributed by atoms with Crippen molar-refractivity contribution in [3.8, 4) is 11.5 Å². The lowest BCUT2D eigenvalue weighted by Crippen LogP contribution is -2.16. The zero-order valence-electron chi connectivity index (χ0n) is 13.5. The van der Waals surface area contributed by atoms with E-state index in [1.807, 2.05) is 19.1 Å². The van der Waals surface area contributed by atoms with E-state index in [4.69, 9.17) is 13.9 Å². The van der Waals surface area contributed by atoms with E-state index >= 15 is 0 Å². The molecule has 1 heterocycles. The number of nitrogens with one attached hydrogen (secondary N) is 1. The molecule has 0 spiro atoms. The molecule has 0 aliphatic heterocycles. The van der Waals surface area contributed by atoms with Crippen LogP contribution in [0.15, 0.2) is 40.0 Å². The van der Waals surface area contributed by atoms with E-state index in [-0.39, 0.29) is 5.76 Å². The quantitative estimate of drug-likeness (QED) is 0.383. The van der Waals surface area contributed by atoms with Crippen molar-refractivity contribution in [3.05, 3.63) is 45.4 Å². The second-order valence-corrected chi connectivity index (χ2v) is 5.95. The number of hydrogen-bond acceptors (Lipinski definition) is 5. The molecule has 0 aliphatic rings. The number of rotatable bonds is 8. The molecule has 2 aromatic rings. The average molecular weight is 442 g/mol. The zero-order valence-corrected chi connectivity index (χ0v) is 15.7. The van der Waals surface area contributed by atoms with Gasteiger partial charge in [-0.05, 0) is 65.8 Å². The van der Waals surface area contributed by atoms with Gasteiger partial charge in [0.25, 0.3) is 0 Å². The van der Waals surface area contributed by atoms with Crippen LogP contribution in [-0.4, -0.2) is 25.3 Å². The molecule has 0 unspecified atom stereocenters. The van der Waals surface area contributed by atoms with E-state index in [2.05, 4.69) is 40.0 Å². The predicted molar refractivity (Wildman–Crippen MR) is 99.9 cm³/mol. The molecule has 0 atom stereocenters. The Kier molecular flexibility index (Phi) is 7.10. The van der Waals surface area contributed by atoms with Crippen molar-refractivity contribution in [2.24, 2.45) is 5.10 Å². The summed E-state index contributed by atoms with van der Waals surface area (Å²) in [7, 11) is 0. The number of carbonyl (C=O) groups excluding carboxylic acids is 1. The minimum atomic E-state index is -0.404. The monoisotopic (exact) mass is 442 g/mol. The van der Waals surface area contributed by atoms with E-state index < -0.39 is 5.91 Å². The standard InChI is InChI=1S/C17H19IN2O4/c1-3-7-24-16-13(18)9-12(10-15(16)22-4-2)11-19-20-17(21)14-6-5-8-23-14/h5-6,8-11H,3-4,7H2,1-2H3,(H,20,21)/b19-11-. The van der Waals surface area contributed by atoms with Gasteiger partial charge in [-0.2, -0.15) is 5.10 Å². The van der Waals surface area contributed by atoms with Crippen LogP contribution in [0.25, 0.3) is 0 Å². The van der Waals surface area contributed by atoms with E-state index in [0.29, 0.717) is 19.0 Å². The first kappa shape index (κ1) is 18.3. The number of nitrogens with zero attached hydrogens (tertiary/aromatic N) is 1. The highest BCUT2D eigenvalue weighted by Crippen LogP contribution is 2.34. The van der Waals surface area contributed by atoms with Crippen molar-refractivity contribution in [3.63, 3.8) is 0 Å². The Morgan fingerprint density at radius 2 is 2.21 bits per heavy atom. The maximum atomic E-state index is 11.7. The van der Waals surface area contributed by atoms with Crippen molar-refractivity contribution < 1.29 is 18.7 Å². The van der Waals surface area contributed by atoms with Crippen LogP contribution in [0.2, 0.25) is 0 Å². The molecule has 2 rings (SSSR count). The van der Waals surface area contributed by atoms with Gasteiger partial charge in [-0.25, -0.2) is 5.43 Å². The minimum absolute atomic E-state index is 0.208. The Bertz CT molecular complexity index is 699. The Morgan fingerprint density at radius 3 is 2.88 bits per heavy atom. The molecule has 0 aliphatic carbocycles. The van der Waals surface area contributed by atoms with Crippen molar-refractivity contribution >= 4 is 34.7 Å². The molecule has 0 bridgehead atoms. The Labute approximate surface area is 154 Å². The van der Waals surface area contributed by atoms with Gasteiger partial charge in [0.15, 0.2) is 17.3 Å². The van der Waals surface area contributed by atoms with E-state index in [1.165, 1.54) is 6.26 Å². The fourth-order valence-electron chi connectivity index (χ4n) is 1.90. The zero-order chi connectivity index (χ0) is 17.4. The molecule has 0 radical (unpaired) electrons. The van der Waals surface area contributed by atoms with E-state index in [1.54, 1.807) is 18.3 Å². The summed E-state index contributed by atoms with van der Waals surface area (Å²) in [6.45, 7) is 5.13. The summed E-state index contributed by atoms with van der Waals surface area (Å²) in [5.41, 5.74) is 3.21. The summed E-state index contributed by atoms with van der Waals surface area (Å²) < 4.78 is 17.3. The summed E-state index contributed by atoms with van der Waals surface area (Å²) >= 11 is 2.20. The highest BCUT2D eigenvalue weighted by molar-refractivity contribution is 14.1. The van der Waals surface area contributed by atoms with Crippen LogP contribution in [0.1, 0.15) is 36.4 Å². The summed E-state index contributed by atoms with van der Waals surface area (Å²) in [6, 6.07) is 6.96. The minimum Gasteiger partial charge on any atom is -0.490 e. The molecule has 1 amide bonds. The van der Waals surface area contributed by atoms with Crippen molar-refractivity contribution in [1.29, 1.82) is 0 Å². The topological polar surface area (TPSA) is 73.1 Å². The lowest BCUT2D eigenvalue weighted by molar-refractivity contribution is 0.0927. The van der Waals surface area contributed by atoms with Gasteiger partial charge in [0.05, 0.1) is 29.3 Å².